The molecule has 1 aromatic rings. The third kappa shape index (κ3) is 10.1. The van der Waals surface area contributed by atoms with E-state index in [0.29, 0.717) is 24.9 Å². The van der Waals surface area contributed by atoms with Crippen LogP contribution in [0.2, 0.25) is 0 Å². The Kier molecular flexibility index (Phi) is 14.4. The number of likely N-dealkylation sites (tertiary alicyclic amines) is 1. The van der Waals surface area contributed by atoms with Crippen LogP contribution in [0.3, 0.4) is 0 Å². The van der Waals surface area contributed by atoms with E-state index in [2.05, 4.69) is 17.1 Å². The highest BCUT2D eigenvalue weighted by Gasteiger charge is 2.52. The highest BCUT2D eigenvalue weighted by atomic mass is 16.7. The Hall–Kier alpha value is -2.41. The zero-order valence-corrected chi connectivity index (χ0v) is 31.9. The molecule has 4 rings (SSSR count). The van der Waals surface area contributed by atoms with Gasteiger partial charge >= 0.3 is 11.9 Å². The second-order valence-electron chi connectivity index (χ2n) is 15.9. The number of carbonyl (C=O) groups is 3. The first kappa shape index (κ1) is 40.4. The van der Waals surface area contributed by atoms with Crippen LogP contribution in [-0.4, -0.2) is 124 Å². The van der Waals surface area contributed by atoms with E-state index in [1.54, 1.807) is 52.1 Å². The molecule has 50 heavy (non-hydrogen) atoms. The zero-order chi connectivity index (χ0) is 36.6. The van der Waals surface area contributed by atoms with Crippen LogP contribution >= 0.6 is 0 Å². The van der Waals surface area contributed by atoms with Crippen LogP contribution < -0.4 is 5.32 Å². The van der Waals surface area contributed by atoms with Crippen molar-refractivity contribution in [2.24, 2.45) is 17.3 Å². The number of ketones is 1. The van der Waals surface area contributed by atoms with Crippen LogP contribution in [0, 0.1) is 17.3 Å². The molecule has 11 nitrogen and oxygen atoms in total. The number of hydrogen-bond donors (Lipinski definition) is 1. The number of carbonyl (C=O) groups excluding carboxylic acids is 3. The van der Waals surface area contributed by atoms with Gasteiger partial charge in [0, 0.05) is 19.1 Å². The second-order valence-corrected chi connectivity index (χ2v) is 15.9. The summed E-state index contributed by atoms with van der Waals surface area (Å²) in [5, 5.41) is 3.67. The standard InChI is InChI=1S/C39H63N3O8/c1-26-23-39(6,46-9)34(50-36-32(31(41(7)8)22-27(2)48-36)49-35(44)29-16-11-10-12-17-29)28(3)33(43)38(4,5)37(45)47-25-30(40-24-26)18-15-21-42-19-13-14-20-42/h10-12,16-17,26-28,30-32,34,36,40H,13-15,18-25H2,1-9H3/t26-,27-,28+,30-,31+,32-,34-,36+,39-/m1/s1. The molecule has 1 N–H and O–H groups in total. The molecule has 0 radical (unpaired) electrons. The molecule has 9 atom stereocenters. The molecule has 3 aliphatic heterocycles. The fourth-order valence-corrected chi connectivity index (χ4v) is 7.89. The van der Waals surface area contributed by atoms with Crippen molar-refractivity contribution >= 4 is 17.7 Å². The van der Waals surface area contributed by atoms with Gasteiger partial charge in [-0.2, -0.15) is 0 Å². The van der Waals surface area contributed by atoms with Gasteiger partial charge in [-0.3, -0.25) is 9.59 Å². The molecule has 3 fully saturated rings. The number of ether oxygens (including phenoxy) is 5. The molecular weight excluding hydrogens is 638 g/mol. The number of Topliss-reactive ketones (excluding diaryl/α,β-unsaturated/α-hetero) is 1. The summed E-state index contributed by atoms with van der Waals surface area (Å²) in [5.74, 6) is -2.04. The van der Waals surface area contributed by atoms with E-state index in [1.165, 1.54) is 12.8 Å². The summed E-state index contributed by atoms with van der Waals surface area (Å²) in [6.45, 7) is 15.3. The maximum absolute atomic E-state index is 14.4. The molecule has 0 saturated carbocycles. The normalized spacial score (nSPS) is 34.8. The zero-order valence-electron chi connectivity index (χ0n) is 31.9. The van der Waals surface area contributed by atoms with Crippen molar-refractivity contribution in [1.29, 1.82) is 0 Å². The Labute approximate surface area is 300 Å². The van der Waals surface area contributed by atoms with E-state index in [1.807, 2.05) is 38.9 Å². The first-order valence-corrected chi connectivity index (χ1v) is 18.6. The monoisotopic (exact) mass is 701 g/mol. The van der Waals surface area contributed by atoms with Gasteiger partial charge in [-0.25, -0.2) is 4.79 Å². The topological polar surface area (TPSA) is 116 Å². The molecule has 0 aliphatic carbocycles. The number of nitrogens with one attached hydrogen (secondary N) is 1. The lowest BCUT2D eigenvalue weighted by Crippen LogP contribution is -2.60. The van der Waals surface area contributed by atoms with E-state index in [9.17, 15) is 14.4 Å². The Morgan fingerprint density at radius 1 is 1.06 bits per heavy atom. The van der Waals surface area contributed by atoms with Crippen LogP contribution in [0.4, 0.5) is 0 Å². The minimum atomic E-state index is -1.44. The number of benzene rings is 1. The summed E-state index contributed by atoms with van der Waals surface area (Å²) in [6.07, 6.45) is 2.65. The molecule has 282 valence electrons. The summed E-state index contributed by atoms with van der Waals surface area (Å²) in [6, 6.07) is 8.59. The molecular formula is C39H63N3O8. The highest BCUT2D eigenvalue weighted by Crippen LogP contribution is 2.38. The van der Waals surface area contributed by atoms with Crippen LogP contribution in [0.1, 0.15) is 90.4 Å². The fourth-order valence-electron chi connectivity index (χ4n) is 7.89. The van der Waals surface area contributed by atoms with Crippen LogP contribution in [0.5, 0.6) is 0 Å². The number of nitrogens with zero attached hydrogens (tertiary/aromatic N) is 2. The third-order valence-electron chi connectivity index (χ3n) is 11.0. The predicted molar refractivity (Wildman–Crippen MR) is 192 cm³/mol. The highest BCUT2D eigenvalue weighted by molar-refractivity contribution is 6.04. The number of esters is 2. The van der Waals surface area contributed by atoms with Crippen LogP contribution in [0.25, 0.3) is 0 Å². The first-order valence-electron chi connectivity index (χ1n) is 18.6. The van der Waals surface area contributed by atoms with Gasteiger partial charge < -0.3 is 38.8 Å². The van der Waals surface area contributed by atoms with Crippen molar-refractivity contribution in [3.05, 3.63) is 35.9 Å². The Balaban J connectivity index is 1.63. The number of cyclic esters (lactones) is 1. The maximum atomic E-state index is 14.4. The molecule has 0 aromatic heterocycles. The van der Waals surface area contributed by atoms with Crippen LogP contribution in [0.15, 0.2) is 30.3 Å². The molecule has 11 heteroatoms. The van der Waals surface area contributed by atoms with Crippen molar-refractivity contribution in [2.75, 3.05) is 54.0 Å². The Morgan fingerprint density at radius 2 is 1.74 bits per heavy atom. The average molecular weight is 702 g/mol. The largest absolute Gasteiger partial charge is 0.463 e. The molecule has 1 aromatic carbocycles. The van der Waals surface area contributed by atoms with Crippen LogP contribution in [-0.2, 0) is 33.3 Å². The van der Waals surface area contributed by atoms with Gasteiger partial charge in [0.15, 0.2) is 18.2 Å². The summed E-state index contributed by atoms with van der Waals surface area (Å²) in [5.41, 5.74) is -1.99. The number of hydrogen-bond acceptors (Lipinski definition) is 11. The van der Waals surface area contributed by atoms with Gasteiger partial charge in [-0.05, 0) is 125 Å². The smallest absolute Gasteiger partial charge is 0.338 e. The van der Waals surface area contributed by atoms with Gasteiger partial charge in [0.2, 0.25) is 0 Å². The van der Waals surface area contributed by atoms with E-state index < -0.39 is 47.4 Å². The van der Waals surface area contributed by atoms with Gasteiger partial charge in [-0.15, -0.1) is 0 Å². The Morgan fingerprint density at radius 3 is 2.38 bits per heavy atom. The summed E-state index contributed by atoms with van der Waals surface area (Å²) >= 11 is 0. The molecule has 3 saturated heterocycles. The minimum Gasteiger partial charge on any atom is -0.463 e. The van der Waals surface area contributed by atoms with Crippen molar-refractivity contribution in [3.63, 3.8) is 0 Å². The lowest BCUT2D eigenvalue weighted by Gasteiger charge is -2.47. The second kappa shape index (κ2) is 17.9. The van der Waals surface area contributed by atoms with Crippen molar-refractivity contribution in [3.8, 4) is 0 Å². The summed E-state index contributed by atoms with van der Waals surface area (Å²) in [4.78, 5) is 46.0. The van der Waals surface area contributed by atoms with Crippen molar-refractivity contribution in [2.45, 2.75) is 122 Å². The van der Waals surface area contributed by atoms with Gasteiger partial charge in [0.1, 0.15) is 12.0 Å². The first-order chi connectivity index (χ1) is 23.7. The van der Waals surface area contributed by atoms with Gasteiger partial charge in [-0.1, -0.05) is 32.0 Å². The van der Waals surface area contributed by atoms with E-state index in [4.69, 9.17) is 23.7 Å². The number of methoxy groups -OCH3 is 1. The molecule has 0 amide bonds. The SMILES string of the molecule is CO[C@]1(C)C[C@@H](C)CN[C@H](CCCN2CCCC2)COC(=O)C(C)(C)C(=O)[C@H](C)[C@H]1O[C@@H]1O[C@H](C)C[C@H](N(C)C)[C@H]1OC(=O)c1ccccc1. The molecule has 3 aliphatic rings. The molecule has 0 unspecified atom stereocenters. The summed E-state index contributed by atoms with van der Waals surface area (Å²) < 4.78 is 31.7. The Bertz CT molecular complexity index is 1250. The van der Waals surface area contributed by atoms with E-state index in [0.717, 1.165) is 32.5 Å². The van der Waals surface area contributed by atoms with Gasteiger partial charge in [0.25, 0.3) is 0 Å². The van der Waals surface area contributed by atoms with Gasteiger partial charge in [0.05, 0.1) is 29.4 Å². The molecule has 0 bridgehead atoms. The summed E-state index contributed by atoms with van der Waals surface area (Å²) in [7, 11) is 5.51. The predicted octanol–water partition coefficient (Wildman–Crippen LogP) is 4.72. The maximum Gasteiger partial charge on any atom is 0.338 e. The lowest BCUT2D eigenvalue weighted by atomic mass is 9.74. The lowest BCUT2D eigenvalue weighted by molar-refractivity contribution is -0.295. The molecule has 3 heterocycles. The van der Waals surface area contributed by atoms with E-state index >= 15 is 0 Å². The fraction of sp³-hybridized carbons (Fsp3) is 0.769. The van der Waals surface area contributed by atoms with Crippen molar-refractivity contribution in [1.82, 2.24) is 15.1 Å². The third-order valence-corrected chi connectivity index (χ3v) is 11.0. The number of likely N-dealkylation sites (N-methyl/N-ethyl adjacent to an activating group) is 1. The minimum absolute atomic E-state index is 0.0333. The van der Waals surface area contributed by atoms with E-state index in [-0.39, 0.29) is 36.5 Å². The molecule has 0 spiro atoms. The average Bonchev–Trinajstić information content (AvgIpc) is 3.61. The van der Waals surface area contributed by atoms with Crippen molar-refractivity contribution < 1.29 is 38.1 Å². The number of rotatable bonds is 10. The quantitative estimate of drug-likeness (QED) is 0.270.